The molecule has 0 fully saturated rings. The number of rotatable bonds is 6. The molecule has 0 unspecified atom stereocenters. The van der Waals surface area contributed by atoms with Crippen LogP contribution in [-0.4, -0.2) is 24.3 Å². The lowest BCUT2D eigenvalue weighted by atomic mass is 10.00. The third-order valence-electron chi connectivity index (χ3n) is 2.51. The van der Waals surface area contributed by atoms with Crippen LogP contribution in [0.25, 0.3) is 0 Å². The molecule has 3 nitrogen and oxygen atoms in total. The van der Waals surface area contributed by atoms with Gasteiger partial charge in [0.25, 0.3) is 5.92 Å². The summed E-state index contributed by atoms with van der Waals surface area (Å²) in [6, 6.07) is 5.98. The molecular formula is C13H16F2O3. The van der Waals surface area contributed by atoms with Crippen molar-refractivity contribution in [2.45, 2.75) is 25.7 Å². The summed E-state index contributed by atoms with van der Waals surface area (Å²) < 4.78 is 31.7. The van der Waals surface area contributed by atoms with Crippen molar-refractivity contribution in [1.29, 1.82) is 0 Å². The molecule has 0 radical (unpaired) electrons. The summed E-state index contributed by atoms with van der Waals surface area (Å²) >= 11 is 0. The summed E-state index contributed by atoms with van der Waals surface area (Å²) in [6.45, 7) is 2.30. The Morgan fingerprint density at radius 2 is 1.89 bits per heavy atom. The van der Waals surface area contributed by atoms with Crippen LogP contribution in [0.3, 0.4) is 0 Å². The maximum atomic E-state index is 13.6. The molecule has 1 aromatic rings. The first kappa shape index (κ1) is 14.6. The van der Waals surface area contributed by atoms with Gasteiger partial charge < -0.3 is 9.84 Å². The van der Waals surface area contributed by atoms with E-state index in [0.717, 1.165) is 5.56 Å². The minimum Gasteiger partial charge on any atom is -0.480 e. The zero-order chi connectivity index (χ0) is 13.8. The van der Waals surface area contributed by atoms with Gasteiger partial charge in [-0.15, -0.1) is 0 Å². The maximum Gasteiger partial charge on any atom is 0.329 e. The molecular weight excluding hydrogens is 242 g/mol. The Kier molecular flexibility index (Phi) is 4.78. The molecule has 0 saturated heterocycles. The maximum absolute atomic E-state index is 13.6. The van der Waals surface area contributed by atoms with Gasteiger partial charge in [0, 0.05) is 5.56 Å². The van der Waals surface area contributed by atoms with Gasteiger partial charge in [0.1, 0.15) is 13.2 Å². The zero-order valence-electron chi connectivity index (χ0n) is 10.3. The Bertz CT molecular complexity index is 399. The molecule has 0 aliphatic rings. The van der Waals surface area contributed by atoms with E-state index in [-0.39, 0.29) is 11.5 Å². The molecule has 0 aromatic heterocycles. The fourth-order valence-electron chi connectivity index (χ4n) is 1.46. The molecule has 5 heteroatoms. The van der Waals surface area contributed by atoms with E-state index >= 15 is 0 Å². The highest BCUT2D eigenvalue weighted by molar-refractivity contribution is 5.67. The van der Waals surface area contributed by atoms with Crippen molar-refractivity contribution >= 4 is 5.97 Å². The van der Waals surface area contributed by atoms with Gasteiger partial charge in [-0.05, 0) is 11.5 Å². The van der Waals surface area contributed by atoms with Crippen molar-refractivity contribution < 1.29 is 23.4 Å². The first-order valence-corrected chi connectivity index (χ1v) is 5.60. The van der Waals surface area contributed by atoms with Gasteiger partial charge in [0.15, 0.2) is 0 Å². The molecule has 0 saturated carbocycles. The normalized spacial score (nSPS) is 11.8. The first-order chi connectivity index (χ1) is 8.33. The minimum atomic E-state index is -3.18. The van der Waals surface area contributed by atoms with Gasteiger partial charge in [0.05, 0.1) is 0 Å². The van der Waals surface area contributed by atoms with E-state index < -0.39 is 25.1 Å². The van der Waals surface area contributed by atoms with E-state index in [4.69, 9.17) is 5.11 Å². The summed E-state index contributed by atoms with van der Waals surface area (Å²) in [5.41, 5.74) is 0.804. The lowest BCUT2D eigenvalue weighted by molar-refractivity contribution is -0.147. The monoisotopic (exact) mass is 258 g/mol. The van der Waals surface area contributed by atoms with Crippen molar-refractivity contribution in [3.8, 4) is 0 Å². The minimum absolute atomic E-state index is 0.169. The zero-order valence-corrected chi connectivity index (χ0v) is 10.3. The summed E-state index contributed by atoms with van der Waals surface area (Å²) in [4.78, 5) is 10.2. The van der Waals surface area contributed by atoms with Crippen LogP contribution in [0.4, 0.5) is 8.78 Å². The van der Waals surface area contributed by atoms with Crippen molar-refractivity contribution in [2.24, 2.45) is 0 Å². The van der Waals surface area contributed by atoms with Crippen LogP contribution in [-0.2, 0) is 15.5 Å². The lowest BCUT2D eigenvalue weighted by Gasteiger charge is -2.17. The highest BCUT2D eigenvalue weighted by Crippen LogP contribution is 2.29. The largest absolute Gasteiger partial charge is 0.480 e. The van der Waals surface area contributed by atoms with Gasteiger partial charge in [0.2, 0.25) is 0 Å². The molecule has 0 amide bonds. The summed E-state index contributed by atoms with van der Waals surface area (Å²) in [6.07, 6.45) is 0. The van der Waals surface area contributed by atoms with E-state index in [1.165, 1.54) is 12.1 Å². The van der Waals surface area contributed by atoms with Crippen LogP contribution >= 0.6 is 0 Å². The van der Waals surface area contributed by atoms with E-state index in [1.807, 2.05) is 13.8 Å². The molecule has 18 heavy (non-hydrogen) atoms. The number of benzene rings is 1. The highest BCUT2D eigenvalue weighted by Gasteiger charge is 2.32. The summed E-state index contributed by atoms with van der Waals surface area (Å²) in [5, 5.41) is 8.31. The number of aliphatic carboxylic acids is 1. The smallest absolute Gasteiger partial charge is 0.329 e. The van der Waals surface area contributed by atoms with Crippen LogP contribution in [0.5, 0.6) is 0 Å². The van der Waals surface area contributed by atoms with Crippen LogP contribution in [0.15, 0.2) is 24.3 Å². The Labute approximate surface area is 104 Å². The van der Waals surface area contributed by atoms with Crippen LogP contribution in [0, 0.1) is 0 Å². The molecule has 0 aliphatic heterocycles. The van der Waals surface area contributed by atoms with Gasteiger partial charge in [-0.25, -0.2) is 4.79 Å². The third kappa shape index (κ3) is 4.07. The topological polar surface area (TPSA) is 46.5 Å². The van der Waals surface area contributed by atoms with Gasteiger partial charge in [-0.1, -0.05) is 38.1 Å². The van der Waals surface area contributed by atoms with Crippen molar-refractivity contribution in [3.05, 3.63) is 35.4 Å². The first-order valence-electron chi connectivity index (χ1n) is 5.60. The molecule has 0 spiro atoms. The predicted molar refractivity (Wildman–Crippen MR) is 62.9 cm³/mol. The number of carboxylic acid groups (broad SMARTS) is 1. The molecule has 1 rings (SSSR count). The van der Waals surface area contributed by atoms with Gasteiger partial charge in [-0.3, -0.25) is 0 Å². The number of alkyl halides is 2. The number of hydrogen-bond donors (Lipinski definition) is 1. The quantitative estimate of drug-likeness (QED) is 0.853. The van der Waals surface area contributed by atoms with E-state index in [1.54, 1.807) is 12.1 Å². The molecule has 1 N–H and O–H groups in total. The average Bonchev–Trinajstić information content (AvgIpc) is 2.28. The van der Waals surface area contributed by atoms with E-state index in [2.05, 4.69) is 4.74 Å². The summed E-state index contributed by atoms with van der Waals surface area (Å²) in [5.74, 6) is -4.16. The van der Waals surface area contributed by atoms with Crippen molar-refractivity contribution in [3.63, 3.8) is 0 Å². The van der Waals surface area contributed by atoms with E-state index in [0.29, 0.717) is 0 Å². The second-order valence-electron chi connectivity index (χ2n) is 4.37. The number of ether oxygens (including phenoxy) is 1. The third-order valence-corrected chi connectivity index (χ3v) is 2.51. The Morgan fingerprint density at radius 3 is 2.33 bits per heavy atom. The molecule has 0 heterocycles. The number of halogens is 2. The number of hydrogen-bond acceptors (Lipinski definition) is 2. The predicted octanol–water partition coefficient (Wildman–Crippen LogP) is 3.00. The van der Waals surface area contributed by atoms with Crippen LogP contribution < -0.4 is 0 Å². The molecule has 0 bridgehead atoms. The Balaban J connectivity index is 2.69. The van der Waals surface area contributed by atoms with Gasteiger partial charge >= 0.3 is 5.97 Å². The molecule has 0 aliphatic carbocycles. The SMILES string of the molecule is CC(C)c1ccc(C(F)(F)COCC(=O)O)cc1. The van der Waals surface area contributed by atoms with Crippen molar-refractivity contribution in [1.82, 2.24) is 0 Å². The highest BCUT2D eigenvalue weighted by atomic mass is 19.3. The van der Waals surface area contributed by atoms with Crippen LogP contribution in [0.1, 0.15) is 30.9 Å². The Morgan fingerprint density at radius 1 is 1.33 bits per heavy atom. The summed E-state index contributed by atoms with van der Waals surface area (Å²) in [7, 11) is 0. The van der Waals surface area contributed by atoms with E-state index in [9.17, 15) is 13.6 Å². The second kappa shape index (κ2) is 5.91. The fraction of sp³-hybridized carbons (Fsp3) is 0.462. The lowest BCUT2D eigenvalue weighted by Crippen LogP contribution is -2.23. The number of carbonyl (C=O) groups is 1. The fourth-order valence-corrected chi connectivity index (χ4v) is 1.46. The van der Waals surface area contributed by atoms with Crippen LogP contribution in [0.2, 0.25) is 0 Å². The Hall–Kier alpha value is -1.49. The molecule has 0 atom stereocenters. The second-order valence-corrected chi connectivity index (χ2v) is 4.37. The standard InChI is InChI=1S/C13H16F2O3/c1-9(2)10-3-5-11(6-4-10)13(14,15)8-18-7-12(16)17/h3-6,9H,7-8H2,1-2H3,(H,16,17). The molecule has 100 valence electrons. The molecule has 1 aromatic carbocycles. The number of carboxylic acids is 1. The average molecular weight is 258 g/mol. The van der Waals surface area contributed by atoms with Gasteiger partial charge in [-0.2, -0.15) is 8.78 Å². The van der Waals surface area contributed by atoms with Crippen molar-refractivity contribution in [2.75, 3.05) is 13.2 Å².